The first kappa shape index (κ1) is 18.7. The lowest BCUT2D eigenvalue weighted by Crippen LogP contribution is -2.47. The summed E-state index contributed by atoms with van der Waals surface area (Å²) in [7, 11) is 0. The van der Waals surface area contributed by atoms with E-state index in [0.717, 1.165) is 4.90 Å². The van der Waals surface area contributed by atoms with E-state index in [1.165, 1.54) is 6.92 Å². The van der Waals surface area contributed by atoms with Crippen molar-refractivity contribution in [1.82, 2.24) is 20.9 Å². The minimum atomic E-state index is -1.37. The van der Waals surface area contributed by atoms with E-state index in [-0.39, 0.29) is 0 Å². The molecule has 0 aromatic heterocycles. The zero-order valence-electron chi connectivity index (χ0n) is 13.9. The van der Waals surface area contributed by atoms with Gasteiger partial charge in [-0.05, 0) is 19.4 Å². The van der Waals surface area contributed by atoms with Gasteiger partial charge in [0, 0.05) is 17.1 Å². The van der Waals surface area contributed by atoms with Crippen molar-refractivity contribution in [2.24, 2.45) is 0 Å². The molecule has 1 aliphatic rings. The Balaban J connectivity index is 2.10. The SMILES string of the molecule is CCCNC(=O)NC(=O)CN1C(=O)N[C@](C)(c2ccccc2Cl)C1=O. The van der Waals surface area contributed by atoms with E-state index >= 15 is 0 Å². The van der Waals surface area contributed by atoms with Crippen molar-refractivity contribution in [2.75, 3.05) is 13.1 Å². The Kier molecular flexibility index (Phi) is 5.63. The fraction of sp³-hybridized carbons (Fsp3) is 0.375. The van der Waals surface area contributed by atoms with Gasteiger partial charge < -0.3 is 10.6 Å². The van der Waals surface area contributed by atoms with Gasteiger partial charge in [0.2, 0.25) is 5.91 Å². The predicted octanol–water partition coefficient (Wildman–Crippen LogP) is 1.34. The van der Waals surface area contributed by atoms with Crippen LogP contribution < -0.4 is 16.0 Å². The van der Waals surface area contributed by atoms with Gasteiger partial charge >= 0.3 is 12.1 Å². The van der Waals surface area contributed by atoms with Crippen molar-refractivity contribution in [2.45, 2.75) is 25.8 Å². The van der Waals surface area contributed by atoms with Crippen LogP contribution in [0.3, 0.4) is 0 Å². The number of halogens is 1. The maximum atomic E-state index is 12.7. The van der Waals surface area contributed by atoms with Crippen molar-refractivity contribution in [3.8, 4) is 0 Å². The highest BCUT2D eigenvalue weighted by molar-refractivity contribution is 6.32. The highest BCUT2D eigenvalue weighted by Gasteiger charge is 2.50. The molecular formula is C16H19ClN4O4. The number of imide groups is 2. The van der Waals surface area contributed by atoms with Crippen LogP contribution in [0.15, 0.2) is 24.3 Å². The van der Waals surface area contributed by atoms with Gasteiger partial charge in [0.05, 0.1) is 0 Å². The second-order valence-corrected chi connectivity index (χ2v) is 6.14. The van der Waals surface area contributed by atoms with Crippen LogP contribution in [0.25, 0.3) is 0 Å². The van der Waals surface area contributed by atoms with Crippen molar-refractivity contribution in [3.63, 3.8) is 0 Å². The molecule has 1 heterocycles. The number of rotatable bonds is 5. The Morgan fingerprint density at radius 1 is 1.28 bits per heavy atom. The first-order valence-electron chi connectivity index (χ1n) is 7.76. The maximum absolute atomic E-state index is 12.7. The Morgan fingerprint density at radius 2 is 1.96 bits per heavy atom. The Bertz CT molecular complexity index is 724. The summed E-state index contributed by atoms with van der Waals surface area (Å²) in [6, 6.07) is 5.23. The summed E-state index contributed by atoms with van der Waals surface area (Å²) in [6.07, 6.45) is 0.713. The van der Waals surface area contributed by atoms with Crippen LogP contribution in [0, 0.1) is 0 Å². The number of benzene rings is 1. The molecule has 0 radical (unpaired) electrons. The average molecular weight is 367 g/mol. The van der Waals surface area contributed by atoms with Crippen LogP contribution in [0.4, 0.5) is 9.59 Å². The number of nitrogens with one attached hydrogen (secondary N) is 3. The molecule has 1 aromatic rings. The number of carbonyl (C=O) groups is 4. The fourth-order valence-electron chi connectivity index (χ4n) is 2.48. The van der Waals surface area contributed by atoms with Crippen LogP contribution in [0.1, 0.15) is 25.8 Å². The molecule has 2 rings (SSSR count). The van der Waals surface area contributed by atoms with Crippen molar-refractivity contribution in [1.29, 1.82) is 0 Å². The van der Waals surface area contributed by atoms with Crippen LogP contribution in [0.5, 0.6) is 0 Å². The first-order chi connectivity index (χ1) is 11.8. The zero-order chi connectivity index (χ0) is 18.6. The summed E-state index contributed by atoms with van der Waals surface area (Å²) >= 11 is 6.12. The third-order valence-corrected chi connectivity index (χ3v) is 4.11. The summed E-state index contributed by atoms with van der Waals surface area (Å²) in [5.74, 6) is -1.38. The highest BCUT2D eigenvalue weighted by Crippen LogP contribution is 2.33. The molecule has 0 saturated carbocycles. The number of urea groups is 2. The third kappa shape index (κ3) is 3.90. The van der Waals surface area contributed by atoms with Gasteiger partial charge in [-0.15, -0.1) is 0 Å². The molecule has 6 amide bonds. The topological polar surface area (TPSA) is 108 Å². The molecule has 0 unspecified atom stereocenters. The molecule has 1 fully saturated rings. The summed E-state index contributed by atoms with van der Waals surface area (Å²) in [4.78, 5) is 49.0. The molecule has 9 heteroatoms. The molecule has 0 bridgehead atoms. The molecule has 1 atom stereocenters. The molecule has 0 spiro atoms. The lowest BCUT2D eigenvalue weighted by Gasteiger charge is -2.23. The van der Waals surface area contributed by atoms with Gasteiger partial charge in [-0.3, -0.25) is 19.8 Å². The van der Waals surface area contributed by atoms with E-state index in [4.69, 9.17) is 11.6 Å². The Hall–Kier alpha value is -2.61. The van der Waals surface area contributed by atoms with Gasteiger partial charge in [-0.2, -0.15) is 0 Å². The second kappa shape index (κ2) is 7.52. The molecule has 8 nitrogen and oxygen atoms in total. The van der Waals surface area contributed by atoms with Gasteiger partial charge in [-0.25, -0.2) is 9.59 Å². The van der Waals surface area contributed by atoms with Crippen LogP contribution in [-0.2, 0) is 15.1 Å². The summed E-state index contributed by atoms with van der Waals surface area (Å²) in [6.45, 7) is 3.22. The second-order valence-electron chi connectivity index (χ2n) is 5.73. The normalized spacial score (nSPS) is 19.6. The van der Waals surface area contributed by atoms with Crippen molar-refractivity contribution >= 4 is 35.5 Å². The number of hydrogen-bond acceptors (Lipinski definition) is 4. The van der Waals surface area contributed by atoms with E-state index in [0.29, 0.717) is 23.6 Å². The molecule has 134 valence electrons. The summed E-state index contributed by atoms with van der Waals surface area (Å²) in [5.41, 5.74) is -0.946. The predicted molar refractivity (Wildman–Crippen MR) is 90.9 cm³/mol. The maximum Gasteiger partial charge on any atom is 0.325 e. The number of nitrogens with zero attached hydrogens (tertiary/aromatic N) is 1. The van der Waals surface area contributed by atoms with Gasteiger partial charge in [0.25, 0.3) is 5.91 Å². The van der Waals surface area contributed by atoms with Crippen molar-refractivity contribution in [3.05, 3.63) is 34.9 Å². The lowest BCUT2D eigenvalue weighted by molar-refractivity contribution is -0.134. The largest absolute Gasteiger partial charge is 0.338 e. The summed E-state index contributed by atoms with van der Waals surface area (Å²) in [5, 5.41) is 7.42. The fourth-order valence-corrected chi connectivity index (χ4v) is 2.81. The minimum absolute atomic E-state index is 0.323. The Labute approximate surface area is 149 Å². The van der Waals surface area contributed by atoms with E-state index in [1.807, 2.05) is 6.92 Å². The van der Waals surface area contributed by atoms with E-state index < -0.39 is 36.0 Å². The van der Waals surface area contributed by atoms with Gasteiger partial charge in [-0.1, -0.05) is 36.7 Å². The average Bonchev–Trinajstić information content (AvgIpc) is 2.77. The molecule has 1 aromatic carbocycles. The number of amides is 6. The zero-order valence-corrected chi connectivity index (χ0v) is 14.6. The van der Waals surface area contributed by atoms with Gasteiger partial charge in [0.1, 0.15) is 12.1 Å². The third-order valence-electron chi connectivity index (χ3n) is 3.78. The van der Waals surface area contributed by atoms with E-state index in [1.54, 1.807) is 24.3 Å². The molecule has 1 aliphatic heterocycles. The van der Waals surface area contributed by atoms with E-state index in [9.17, 15) is 19.2 Å². The van der Waals surface area contributed by atoms with E-state index in [2.05, 4.69) is 16.0 Å². The lowest BCUT2D eigenvalue weighted by atomic mass is 9.92. The molecule has 1 saturated heterocycles. The molecule has 0 aliphatic carbocycles. The van der Waals surface area contributed by atoms with Crippen LogP contribution in [-0.4, -0.2) is 41.9 Å². The quantitative estimate of drug-likeness (QED) is 0.683. The highest BCUT2D eigenvalue weighted by atomic mass is 35.5. The molecule has 25 heavy (non-hydrogen) atoms. The minimum Gasteiger partial charge on any atom is -0.338 e. The number of hydrogen-bond donors (Lipinski definition) is 3. The Morgan fingerprint density at radius 3 is 2.60 bits per heavy atom. The van der Waals surface area contributed by atoms with Crippen LogP contribution >= 0.6 is 11.6 Å². The summed E-state index contributed by atoms with van der Waals surface area (Å²) < 4.78 is 0. The smallest absolute Gasteiger partial charge is 0.325 e. The number of carbonyl (C=O) groups excluding carboxylic acids is 4. The van der Waals surface area contributed by atoms with Crippen LogP contribution in [0.2, 0.25) is 5.02 Å². The molecular weight excluding hydrogens is 348 g/mol. The van der Waals surface area contributed by atoms with Crippen molar-refractivity contribution < 1.29 is 19.2 Å². The standard InChI is InChI=1S/C16H19ClN4O4/c1-3-8-18-14(24)19-12(22)9-21-13(23)16(2,20-15(21)25)10-6-4-5-7-11(10)17/h4-7H,3,8-9H2,1-2H3,(H,20,25)(H2,18,19,22,24)/t16-/m1/s1. The van der Waals surface area contributed by atoms with Gasteiger partial charge in [0.15, 0.2) is 0 Å². The first-order valence-corrected chi connectivity index (χ1v) is 8.14. The molecule has 3 N–H and O–H groups in total. The monoisotopic (exact) mass is 366 g/mol.